The Kier molecular flexibility index (Phi) is 4.66. The highest BCUT2D eigenvalue weighted by molar-refractivity contribution is 9.10. The van der Waals surface area contributed by atoms with Crippen LogP contribution in [0.4, 0.5) is 13.8 Å². The molecule has 0 atom stereocenters. The Morgan fingerprint density at radius 3 is 2.55 bits per heavy atom. The fourth-order valence-corrected chi connectivity index (χ4v) is 5.28. The Bertz CT molecular complexity index is 715. The van der Waals surface area contributed by atoms with E-state index in [1.807, 2.05) is 24.3 Å². The number of sulfonamides is 1. The maximum Gasteiger partial charge on any atom is 0.257 e. The van der Waals surface area contributed by atoms with Crippen molar-refractivity contribution in [2.75, 3.05) is 16.6 Å². The lowest BCUT2D eigenvalue weighted by molar-refractivity contribution is 0.159. The summed E-state index contributed by atoms with van der Waals surface area (Å²) in [6, 6.07) is 7.28. The predicted octanol–water partition coefficient (Wildman–Crippen LogP) is 4.09. The second-order valence-corrected chi connectivity index (χ2v) is 8.05. The van der Waals surface area contributed by atoms with Crippen LogP contribution in [0.2, 0.25) is 0 Å². The van der Waals surface area contributed by atoms with Gasteiger partial charge in [-0.15, -0.1) is 11.3 Å². The largest absolute Gasteiger partial charge is 0.257 e. The fourth-order valence-electron chi connectivity index (χ4n) is 1.77. The first-order valence-corrected chi connectivity index (χ1v) is 9.04. The lowest BCUT2D eigenvalue weighted by Crippen LogP contribution is -2.35. The topological polar surface area (TPSA) is 37.4 Å². The van der Waals surface area contributed by atoms with Crippen LogP contribution < -0.4 is 4.31 Å². The third-order valence-corrected chi connectivity index (χ3v) is 6.86. The molecular weight excluding hydrogens is 372 g/mol. The Morgan fingerprint density at radius 1 is 1.35 bits per heavy atom. The van der Waals surface area contributed by atoms with Crippen molar-refractivity contribution in [3.63, 3.8) is 0 Å². The van der Waals surface area contributed by atoms with Crippen LogP contribution in [0, 0.1) is 0 Å². The van der Waals surface area contributed by atoms with Crippen LogP contribution in [-0.2, 0) is 10.0 Å². The van der Waals surface area contributed by atoms with Gasteiger partial charge in [-0.25, -0.2) is 17.2 Å². The summed E-state index contributed by atoms with van der Waals surface area (Å²) in [5, 5.41) is 1.12. The highest BCUT2D eigenvalue weighted by atomic mass is 79.9. The van der Waals surface area contributed by atoms with Gasteiger partial charge in [0.2, 0.25) is 10.0 Å². The number of hydrogen-bond donors (Lipinski definition) is 0. The summed E-state index contributed by atoms with van der Waals surface area (Å²) in [6.07, 6.45) is -2.73. The molecule has 0 saturated heterocycles. The third kappa shape index (κ3) is 2.96. The van der Waals surface area contributed by atoms with E-state index in [1.165, 1.54) is 18.3 Å². The summed E-state index contributed by atoms with van der Waals surface area (Å²) in [4.78, 5) is 0. The molecule has 0 radical (unpaired) electrons. The van der Waals surface area contributed by atoms with Crippen molar-refractivity contribution in [3.05, 3.63) is 28.7 Å². The van der Waals surface area contributed by atoms with Gasteiger partial charge < -0.3 is 0 Å². The number of halogens is 3. The second-order valence-electron chi connectivity index (χ2n) is 4.04. The number of fused-ring (bicyclic) bond motifs is 1. The van der Waals surface area contributed by atoms with Gasteiger partial charge in [0, 0.05) is 10.1 Å². The number of anilines is 1. The second kappa shape index (κ2) is 5.95. The highest BCUT2D eigenvalue weighted by Gasteiger charge is 2.28. The van der Waals surface area contributed by atoms with Crippen LogP contribution in [0.3, 0.4) is 0 Å². The minimum atomic E-state index is -3.74. The van der Waals surface area contributed by atoms with Gasteiger partial charge in [-0.05, 0) is 28.9 Å². The van der Waals surface area contributed by atoms with Crippen molar-refractivity contribution in [3.8, 4) is 0 Å². The molecule has 2 aromatic rings. The van der Waals surface area contributed by atoms with Crippen molar-refractivity contribution < 1.29 is 17.2 Å². The van der Waals surface area contributed by atoms with Crippen molar-refractivity contribution in [2.45, 2.75) is 13.3 Å². The van der Waals surface area contributed by atoms with Crippen molar-refractivity contribution in [1.82, 2.24) is 0 Å². The Balaban J connectivity index is 2.59. The van der Waals surface area contributed by atoms with Gasteiger partial charge >= 0.3 is 0 Å². The molecule has 20 heavy (non-hydrogen) atoms. The number of nitrogens with zero attached hydrogens (tertiary/aromatic N) is 1. The van der Waals surface area contributed by atoms with E-state index in [0.29, 0.717) is 9.47 Å². The molecule has 0 fully saturated rings. The lowest BCUT2D eigenvalue weighted by atomic mass is 10.3. The Labute approximate surface area is 128 Å². The fraction of sp³-hybridized carbons (Fsp3) is 0.333. The van der Waals surface area contributed by atoms with Gasteiger partial charge in [0.1, 0.15) is 5.00 Å². The monoisotopic (exact) mass is 383 g/mol. The molecule has 0 saturated carbocycles. The van der Waals surface area contributed by atoms with Crippen LogP contribution >= 0.6 is 27.3 Å². The molecule has 0 unspecified atom stereocenters. The molecular formula is C12H12BrF2NO2S2. The SMILES string of the molecule is CCS(=O)(=O)N(CC(F)F)c1sc2ccccc2c1Br. The van der Waals surface area contributed by atoms with E-state index < -0.39 is 23.0 Å². The summed E-state index contributed by atoms with van der Waals surface area (Å²) in [6.45, 7) is 0.608. The third-order valence-electron chi connectivity index (χ3n) is 2.75. The molecule has 3 nitrogen and oxygen atoms in total. The van der Waals surface area contributed by atoms with Crippen LogP contribution in [0.15, 0.2) is 28.7 Å². The first-order valence-electron chi connectivity index (χ1n) is 5.82. The molecule has 1 aromatic carbocycles. The highest BCUT2D eigenvalue weighted by Crippen LogP contribution is 2.43. The van der Waals surface area contributed by atoms with Gasteiger partial charge in [0.25, 0.3) is 6.43 Å². The van der Waals surface area contributed by atoms with Crippen LogP contribution in [0.1, 0.15) is 6.92 Å². The predicted molar refractivity (Wildman–Crippen MR) is 82.3 cm³/mol. The lowest BCUT2D eigenvalue weighted by Gasteiger charge is -2.22. The minimum Gasteiger partial charge on any atom is -0.254 e. The summed E-state index contributed by atoms with van der Waals surface area (Å²) in [5.41, 5.74) is 0. The smallest absolute Gasteiger partial charge is 0.254 e. The van der Waals surface area contributed by atoms with E-state index in [4.69, 9.17) is 0 Å². The van der Waals surface area contributed by atoms with Crippen LogP contribution in [-0.4, -0.2) is 27.1 Å². The molecule has 1 aromatic heterocycles. The quantitative estimate of drug-likeness (QED) is 0.779. The van der Waals surface area contributed by atoms with Gasteiger partial charge in [-0.3, -0.25) is 4.31 Å². The van der Waals surface area contributed by atoms with Crippen molar-refractivity contribution in [1.29, 1.82) is 0 Å². The molecule has 0 bridgehead atoms. The normalized spacial score (nSPS) is 12.2. The average molecular weight is 384 g/mol. The van der Waals surface area contributed by atoms with E-state index in [0.717, 1.165) is 14.4 Å². The maximum absolute atomic E-state index is 12.7. The van der Waals surface area contributed by atoms with E-state index >= 15 is 0 Å². The van der Waals surface area contributed by atoms with Crippen molar-refractivity contribution >= 4 is 52.4 Å². The zero-order valence-corrected chi connectivity index (χ0v) is 13.7. The molecule has 0 aliphatic heterocycles. The van der Waals surface area contributed by atoms with Crippen LogP contribution in [0.25, 0.3) is 10.1 Å². The van der Waals surface area contributed by atoms with Crippen LogP contribution in [0.5, 0.6) is 0 Å². The van der Waals surface area contributed by atoms with E-state index in [-0.39, 0.29) is 5.75 Å². The van der Waals surface area contributed by atoms with E-state index in [1.54, 1.807) is 0 Å². The molecule has 2 rings (SSSR count). The molecule has 0 aliphatic rings. The molecule has 8 heteroatoms. The Hall–Kier alpha value is -0.730. The van der Waals surface area contributed by atoms with Gasteiger partial charge in [0.05, 0.1) is 16.8 Å². The van der Waals surface area contributed by atoms with Gasteiger partial charge in [-0.1, -0.05) is 18.2 Å². The number of hydrogen-bond acceptors (Lipinski definition) is 3. The molecule has 1 heterocycles. The summed E-state index contributed by atoms with van der Waals surface area (Å²) in [7, 11) is -3.74. The number of alkyl halides is 2. The first-order chi connectivity index (χ1) is 9.36. The van der Waals surface area contributed by atoms with Crippen molar-refractivity contribution in [2.24, 2.45) is 0 Å². The maximum atomic E-state index is 12.7. The van der Waals surface area contributed by atoms with Gasteiger partial charge in [-0.2, -0.15) is 0 Å². The zero-order chi connectivity index (χ0) is 14.9. The summed E-state index contributed by atoms with van der Waals surface area (Å²) < 4.78 is 51.7. The first kappa shape index (κ1) is 15.7. The number of rotatable bonds is 5. The van der Waals surface area contributed by atoms with E-state index in [2.05, 4.69) is 15.9 Å². The molecule has 110 valence electrons. The average Bonchev–Trinajstić information content (AvgIpc) is 2.73. The molecule has 0 spiro atoms. The standard InChI is InChI=1S/C12H12BrF2NO2S2/c1-2-20(17,18)16(7-10(14)15)12-11(13)8-5-3-4-6-9(8)19-12/h3-6,10H,2,7H2,1H3. The van der Waals surface area contributed by atoms with Gasteiger partial charge in [0.15, 0.2) is 0 Å². The molecule has 0 amide bonds. The Morgan fingerprint density at radius 2 is 2.00 bits per heavy atom. The minimum absolute atomic E-state index is 0.222. The number of thiophene rings is 1. The van der Waals surface area contributed by atoms with E-state index in [9.17, 15) is 17.2 Å². The number of benzene rings is 1. The molecule has 0 N–H and O–H groups in total. The zero-order valence-electron chi connectivity index (χ0n) is 10.5. The summed E-state index contributed by atoms with van der Waals surface area (Å²) >= 11 is 4.51. The molecule has 0 aliphatic carbocycles. The summed E-state index contributed by atoms with van der Waals surface area (Å²) in [5.74, 6) is -0.222.